The van der Waals surface area contributed by atoms with Crippen molar-refractivity contribution in [1.29, 1.82) is 0 Å². The van der Waals surface area contributed by atoms with Crippen LogP contribution < -0.4 is 4.74 Å². The highest BCUT2D eigenvalue weighted by Gasteiger charge is 2.09. The van der Waals surface area contributed by atoms with Gasteiger partial charge in [0.15, 0.2) is 5.65 Å². The van der Waals surface area contributed by atoms with Crippen molar-refractivity contribution in [2.24, 2.45) is 0 Å². The minimum atomic E-state index is 0.510. The summed E-state index contributed by atoms with van der Waals surface area (Å²) < 4.78 is 9.45. The van der Waals surface area contributed by atoms with Gasteiger partial charge in [-0.3, -0.25) is 0 Å². The number of halogens is 1. The molecule has 3 aromatic heterocycles. The topological polar surface area (TPSA) is 57.2 Å². The molecule has 0 saturated carbocycles. The summed E-state index contributed by atoms with van der Waals surface area (Å²) in [6.45, 7) is 1.22. The molecule has 0 bridgehead atoms. The third-order valence-electron chi connectivity index (χ3n) is 3.62. The molecule has 0 fully saturated rings. The van der Waals surface area contributed by atoms with E-state index in [0.717, 1.165) is 16.9 Å². The summed E-state index contributed by atoms with van der Waals surface area (Å²) in [4.78, 5) is 8.38. The van der Waals surface area contributed by atoms with Crippen molar-refractivity contribution in [3.63, 3.8) is 0 Å². The zero-order valence-corrected chi connectivity index (χ0v) is 13.5. The fourth-order valence-electron chi connectivity index (χ4n) is 2.45. The van der Waals surface area contributed by atoms with Crippen molar-refractivity contribution in [2.75, 3.05) is 6.61 Å². The molecule has 1 aromatic carbocycles. The van der Waals surface area contributed by atoms with Crippen molar-refractivity contribution in [2.45, 2.75) is 6.54 Å². The average Bonchev–Trinajstić information content (AvgIpc) is 3.24. The molecule has 0 aliphatic rings. The predicted molar refractivity (Wildman–Crippen MR) is 91.2 cm³/mol. The third kappa shape index (κ3) is 2.96. The third-order valence-corrected chi connectivity index (χ3v) is 3.85. The summed E-state index contributed by atoms with van der Waals surface area (Å²) in [7, 11) is 0. The number of rotatable bonds is 5. The van der Waals surface area contributed by atoms with Crippen LogP contribution in [-0.4, -0.2) is 30.8 Å². The number of aromatic nitrogens is 5. The maximum atomic E-state index is 6.08. The minimum absolute atomic E-state index is 0.510. The Morgan fingerprint density at radius 1 is 1.17 bits per heavy atom. The molecule has 0 aliphatic carbocycles. The Balaban J connectivity index is 1.58. The Labute approximate surface area is 143 Å². The summed E-state index contributed by atoms with van der Waals surface area (Å²) in [6, 6.07) is 11.3. The summed E-state index contributed by atoms with van der Waals surface area (Å²) >= 11 is 6.08. The van der Waals surface area contributed by atoms with Crippen molar-refractivity contribution >= 4 is 17.2 Å². The summed E-state index contributed by atoms with van der Waals surface area (Å²) in [5.74, 6) is 0.545. The first-order chi connectivity index (χ1) is 11.8. The van der Waals surface area contributed by atoms with Gasteiger partial charge in [-0.15, -0.1) is 5.10 Å². The van der Waals surface area contributed by atoms with Crippen LogP contribution in [0.2, 0.25) is 5.02 Å². The molecule has 4 rings (SSSR count). The van der Waals surface area contributed by atoms with Crippen LogP contribution in [0.25, 0.3) is 16.9 Å². The molecule has 0 unspecified atom stereocenters. The highest BCUT2D eigenvalue weighted by Crippen LogP contribution is 2.23. The molecule has 0 aliphatic heterocycles. The maximum absolute atomic E-state index is 6.08. The molecular formula is C17H14ClN5O. The molecule has 24 heavy (non-hydrogen) atoms. The van der Waals surface area contributed by atoms with E-state index in [0.29, 0.717) is 24.1 Å². The zero-order chi connectivity index (χ0) is 16.4. The van der Waals surface area contributed by atoms with Crippen LogP contribution in [-0.2, 0) is 6.54 Å². The molecule has 6 nitrogen and oxygen atoms in total. The summed E-state index contributed by atoms with van der Waals surface area (Å²) in [5, 5.41) is 5.20. The molecule has 0 spiro atoms. The quantitative estimate of drug-likeness (QED) is 0.559. The molecule has 120 valence electrons. The van der Waals surface area contributed by atoms with E-state index >= 15 is 0 Å². The van der Waals surface area contributed by atoms with Crippen LogP contribution >= 0.6 is 11.6 Å². The molecule has 7 heteroatoms. The number of benzene rings is 1. The Kier molecular flexibility index (Phi) is 3.88. The first-order valence-electron chi connectivity index (χ1n) is 7.49. The second kappa shape index (κ2) is 6.33. The van der Waals surface area contributed by atoms with Gasteiger partial charge in [0.1, 0.15) is 6.61 Å². The Morgan fingerprint density at radius 3 is 2.96 bits per heavy atom. The first-order valence-corrected chi connectivity index (χ1v) is 7.87. The van der Waals surface area contributed by atoms with Gasteiger partial charge in [0, 0.05) is 29.0 Å². The number of fused-ring (bicyclic) bond motifs is 1. The lowest BCUT2D eigenvalue weighted by Gasteiger charge is -2.07. The predicted octanol–water partition coefficient (Wildman–Crippen LogP) is 3.33. The number of ether oxygens (including phenoxy) is 1. The van der Waals surface area contributed by atoms with Gasteiger partial charge < -0.3 is 9.30 Å². The van der Waals surface area contributed by atoms with E-state index < -0.39 is 0 Å². The lowest BCUT2D eigenvalue weighted by atomic mass is 10.2. The van der Waals surface area contributed by atoms with Crippen molar-refractivity contribution < 1.29 is 4.74 Å². The standard InChI is InChI=1S/C17H14ClN5O/c18-14-3-1-2-13(10-14)15-11-20-16-4-5-17(21-23(15)16)24-9-8-22-7-6-19-12-22/h1-7,10-12H,8-9H2. The lowest BCUT2D eigenvalue weighted by molar-refractivity contribution is 0.283. The second-order valence-electron chi connectivity index (χ2n) is 5.24. The molecule has 3 heterocycles. The highest BCUT2D eigenvalue weighted by molar-refractivity contribution is 6.30. The zero-order valence-electron chi connectivity index (χ0n) is 12.7. The molecule has 0 amide bonds. The fourth-order valence-corrected chi connectivity index (χ4v) is 2.64. The molecule has 0 saturated heterocycles. The maximum Gasteiger partial charge on any atom is 0.231 e. The molecule has 4 aromatic rings. The van der Waals surface area contributed by atoms with E-state index in [-0.39, 0.29) is 0 Å². The van der Waals surface area contributed by atoms with Gasteiger partial charge in [-0.2, -0.15) is 0 Å². The smallest absolute Gasteiger partial charge is 0.231 e. The van der Waals surface area contributed by atoms with Crippen molar-refractivity contribution in [3.8, 4) is 17.1 Å². The first kappa shape index (κ1) is 14.7. The average molecular weight is 340 g/mol. The monoisotopic (exact) mass is 339 g/mol. The van der Waals surface area contributed by atoms with Gasteiger partial charge >= 0.3 is 0 Å². The van der Waals surface area contributed by atoms with Gasteiger partial charge in [0.05, 0.1) is 24.8 Å². The van der Waals surface area contributed by atoms with Crippen molar-refractivity contribution in [3.05, 3.63) is 66.3 Å². The van der Waals surface area contributed by atoms with Crippen LogP contribution in [0.3, 0.4) is 0 Å². The molecular weight excluding hydrogens is 326 g/mol. The molecule has 0 atom stereocenters. The lowest BCUT2D eigenvalue weighted by Crippen LogP contribution is -2.08. The van der Waals surface area contributed by atoms with Gasteiger partial charge in [-0.1, -0.05) is 23.7 Å². The Hall–Kier alpha value is -2.86. The normalized spacial score (nSPS) is 11.0. The largest absolute Gasteiger partial charge is 0.475 e. The number of nitrogens with zero attached hydrogens (tertiary/aromatic N) is 5. The second-order valence-corrected chi connectivity index (χ2v) is 5.68. The van der Waals surface area contributed by atoms with E-state index in [9.17, 15) is 0 Å². The van der Waals surface area contributed by atoms with Crippen LogP contribution in [0, 0.1) is 0 Å². The number of imidazole rings is 2. The van der Waals surface area contributed by atoms with Gasteiger partial charge in [0.25, 0.3) is 0 Å². The van der Waals surface area contributed by atoms with Gasteiger partial charge in [-0.05, 0) is 18.2 Å². The highest BCUT2D eigenvalue weighted by atomic mass is 35.5. The van der Waals surface area contributed by atoms with E-state index in [1.807, 2.05) is 47.2 Å². The summed E-state index contributed by atoms with van der Waals surface area (Å²) in [5.41, 5.74) is 2.58. The Bertz CT molecular complexity index is 964. The van der Waals surface area contributed by atoms with Gasteiger partial charge in [-0.25, -0.2) is 14.5 Å². The van der Waals surface area contributed by atoms with Crippen molar-refractivity contribution in [1.82, 2.24) is 24.1 Å². The Morgan fingerprint density at radius 2 is 2.12 bits per heavy atom. The molecule has 0 N–H and O–H groups in total. The SMILES string of the molecule is Clc1cccc(-c2cnc3ccc(OCCn4ccnc4)nn23)c1. The van der Waals surface area contributed by atoms with Gasteiger partial charge in [0.2, 0.25) is 5.88 Å². The molecule has 0 radical (unpaired) electrons. The number of hydrogen-bond donors (Lipinski definition) is 0. The van der Waals surface area contributed by atoms with Crippen LogP contribution in [0.4, 0.5) is 0 Å². The van der Waals surface area contributed by atoms with E-state index in [1.165, 1.54) is 0 Å². The number of hydrogen-bond acceptors (Lipinski definition) is 4. The van der Waals surface area contributed by atoms with Crippen LogP contribution in [0.1, 0.15) is 0 Å². The summed E-state index contributed by atoms with van der Waals surface area (Å²) in [6.07, 6.45) is 7.18. The van der Waals surface area contributed by atoms with Crippen LogP contribution in [0.15, 0.2) is 61.3 Å². The van der Waals surface area contributed by atoms with E-state index in [4.69, 9.17) is 16.3 Å². The fraction of sp³-hybridized carbons (Fsp3) is 0.118. The van der Waals surface area contributed by atoms with Crippen LogP contribution in [0.5, 0.6) is 5.88 Å². The van der Waals surface area contributed by atoms with E-state index in [2.05, 4.69) is 15.1 Å². The van der Waals surface area contributed by atoms with E-state index in [1.54, 1.807) is 23.2 Å². The minimum Gasteiger partial charge on any atom is -0.475 e.